The average molecular weight is 277 g/mol. The van der Waals surface area contributed by atoms with Gasteiger partial charge < -0.3 is 9.47 Å². The highest BCUT2D eigenvalue weighted by molar-refractivity contribution is 6.34. The smallest absolute Gasteiger partial charge is 0.150 e. The second-order valence-electron chi connectivity index (χ2n) is 3.91. The summed E-state index contributed by atoms with van der Waals surface area (Å²) in [7, 11) is 3.10. The molecule has 98 valence electrons. The van der Waals surface area contributed by atoms with Crippen molar-refractivity contribution in [3.63, 3.8) is 0 Å². The van der Waals surface area contributed by atoms with Crippen LogP contribution in [0.1, 0.15) is 10.4 Å². The van der Waals surface area contributed by atoms with Crippen molar-refractivity contribution in [2.45, 2.75) is 0 Å². The van der Waals surface area contributed by atoms with Crippen molar-refractivity contribution in [1.29, 1.82) is 0 Å². The summed E-state index contributed by atoms with van der Waals surface area (Å²) < 4.78 is 10.5. The van der Waals surface area contributed by atoms with E-state index in [1.807, 2.05) is 18.2 Å². The highest BCUT2D eigenvalue weighted by Gasteiger charge is 2.14. The van der Waals surface area contributed by atoms with Crippen LogP contribution < -0.4 is 9.47 Å². The van der Waals surface area contributed by atoms with Crippen LogP contribution in [0, 0.1) is 0 Å². The van der Waals surface area contributed by atoms with E-state index in [9.17, 15) is 4.79 Å². The van der Waals surface area contributed by atoms with Crippen molar-refractivity contribution < 1.29 is 14.3 Å². The fourth-order valence-electron chi connectivity index (χ4n) is 1.90. The Morgan fingerprint density at radius 3 is 2.53 bits per heavy atom. The van der Waals surface area contributed by atoms with E-state index in [-0.39, 0.29) is 0 Å². The van der Waals surface area contributed by atoms with Crippen LogP contribution in [0.25, 0.3) is 11.1 Å². The highest BCUT2D eigenvalue weighted by Crippen LogP contribution is 2.41. The van der Waals surface area contributed by atoms with Gasteiger partial charge in [-0.1, -0.05) is 29.8 Å². The third-order valence-electron chi connectivity index (χ3n) is 2.82. The van der Waals surface area contributed by atoms with Gasteiger partial charge in [0.25, 0.3) is 0 Å². The maximum absolute atomic E-state index is 10.8. The Morgan fingerprint density at radius 2 is 1.89 bits per heavy atom. The maximum atomic E-state index is 10.8. The zero-order valence-corrected chi connectivity index (χ0v) is 11.4. The largest absolute Gasteiger partial charge is 0.495 e. The van der Waals surface area contributed by atoms with Gasteiger partial charge in [0.2, 0.25) is 0 Å². The Kier molecular flexibility index (Phi) is 4.07. The number of hydrogen-bond acceptors (Lipinski definition) is 3. The predicted molar refractivity (Wildman–Crippen MR) is 75.4 cm³/mol. The molecule has 0 spiro atoms. The van der Waals surface area contributed by atoms with E-state index in [4.69, 9.17) is 21.1 Å². The molecule has 0 saturated heterocycles. The third kappa shape index (κ3) is 2.56. The van der Waals surface area contributed by atoms with Gasteiger partial charge in [0, 0.05) is 11.1 Å². The first-order chi connectivity index (χ1) is 9.21. The summed E-state index contributed by atoms with van der Waals surface area (Å²) in [5, 5.41) is 0.416. The topological polar surface area (TPSA) is 35.5 Å². The summed E-state index contributed by atoms with van der Waals surface area (Å²) in [5.41, 5.74) is 2.29. The molecule has 0 saturated carbocycles. The first-order valence-electron chi connectivity index (χ1n) is 5.67. The lowest BCUT2D eigenvalue weighted by Crippen LogP contribution is -1.93. The van der Waals surface area contributed by atoms with Gasteiger partial charge in [0.1, 0.15) is 22.8 Å². The van der Waals surface area contributed by atoms with Crippen molar-refractivity contribution in [3.8, 4) is 22.6 Å². The van der Waals surface area contributed by atoms with Gasteiger partial charge in [-0.25, -0.2) is 0 Å². The van der Waals surface area contributed by atoms with Gasteiger partial charge in [0.05, 0.1) is 14.2 Å². The second kappa shape index (κ2) is 5.76. The van der Waals surface area contributed by atoms with Crippen LogP contribution in [0.15, 0.2) is 36.4 Å². The Bertz CT molecular complexity index is 608. The molecule has 19 heavy (non-hydrogen) atoms. The lowest BCUT2D eigenvalue weighted by molar-refractivity contribution is 0.112. The number of benzene rings is 2. The number of rotatable bonds is 4. The van der Waals surface area contributed by atoms with E-state index in [1.165, 1.54) is 0 Å². The summed E-state index contributed by atoms with van der Waals surface area (Å²) in [5.74, 6) is 1.08. The fourth-order valence-corrected chi connectivity index (χ4v) is 2.22. The van der Waals surface area contributed by atoms with Crippen molar-refractivity contribution in [3.05, 3.63) is 47.0 Å². The number of methoxy groups -OCH3 is 2. The van der Waals surface area contributed by atoms with Gasteiger partial charge >= 0.3 is 0 Å². The molecule has 0 amide bonds. The number of halogens is 1. The molecule has 0 aromatic heterocycles. The molecule has 0 radical (unpaired) electrons. The number of carbonyl (C=O) groups is 1. The molecule has 0 fully saturated rings. The second-order valence-corrected chi connectivity index (χ2v) is 4.28. The van der Waals surface area contributed by atoms with Crippen LogP contribution in [0.4, 0.5) is 0 Å². The molecule has 0 aliphatic carbocycles. The van der Waals surface area contributed by atoms with E-state index >= 15 is 0 Å². The van der Waals surface area contributed by atoms with Crippen LogP contribution in [-0.2, 0) is 0 Å². The molecule has 0 N–H and O–H groups in total. The number of hydrogen-bond donors (Lipinski definition) is 0. The first kappa shape index (κ1) is 13.4. The molecule has 0 aliphatic rings. The molecule has 0 heterocycles. The average Bonchev–Trinajstić information content (AvgIpc) is 2.47. The van der Waals surface area contributed by atoms with E-state index in [2.05, 4.69) is 0 Å². The van der Waals surface area contributed by atoms with Gasteiger partial charge in [-0.15, -0.1) is 0 Å². The summed E-state index contributed by atoms with van der Waals surface area (Å²) in [6, 6.07) is 10.9. The maximum Gasteiger partial charge on any atom is 0.150 e. The molecule has 0 aliphatic heterocycles. The normalized spacial score (nSPS) is 10.1. The van der Waals surface area contributed by atoms with Crippen molar-refractivity contribution in [2.24, 2.45) is 0 Å². The minimum atomic E-state index is 0.416. The van der Waals surface area contributed by atoms with Gasteiger partial charge in [-0.3, -0.25) is 4.79 Å². The molecule has 0 atom stereocenters. The molecule has 3 nitrogen and oxygen atoms in total. The molecular weight excluding hydrogens is 264 g/mol. The quantitative estimate of drug-likeness (QED) is 0.796. The number of ether oxygens (including phenoxy) is 2. The predicted octanol–water partition coefficient (Wildman–Crippen LogP) is 3.84. The first-order valence-corrected chi connectivity index (χ1v) is 6.05. The molecule has 2 aromatic rings. The molecular formula is C15H13ClO3. The monoisotopic (exact) mass is 276 g/mol. The van der Waals surface area contributed by atoms with E-state index < -0.39 is 0 Å². The molecule has 2 aromatic carbocycles. The van der Waals surface area contributed by atoms with Crippen LogP contribution in [0.2, 0.25) is 5.02 Å². The number of carbonyl (C=O) groups excluding carboxylic acids is 1. The van der Waals surface area contributed by atoms with Gasteiger partial charge in [-0.05, 0) is 23.8 Å². The minimum Gasteiger partial charge on any atom is -0.495 e. The molecule has 4 heteroatoms. The Morgan fingerprint density at radius 1 is 1.11 bits per heavy atom. The summed E-state index contributed by atoms with van der Waals surface area (Å²) in [4.78, 5) is 10.8. The lowest BCUT2D eigenvalue weighted by atomic mass is 10.0. The molecule has 0 bridgehead atoms. The zero-order valence-electron chi connectivity index (χ0n) is 10.6. The Balaban J connectivity index is 2.61. The minimum absolute atomic E-state index is 0.416. The van der Waals surface area contributed by atoms with E-state index in [0.29, 0.717) is 22.1 Å². The summed E-state index contributed by atoms with van der Waals surface area (Å²) in [6.07, 6.45) is 0.807. The third-order valence-corrected chi connectivity index (χ3v) is 3.18. The van der Waals surface area contributed by atoms with Gasteiger partial charge in [0.15, 0.2) is 0 Å². The Labute approximate surface area is 116 Å². The van der Waals surface area contributed by atoms with Crippen LogP contribution in [0.3, 0.4) is 0 Å². The van der Waals surface area contributed by atoms with E-state index in [1.54, 1.807) is 32.4 Å². The summed E-state index contributed by atoms with van der Waals surface area (Å²) in [6.45, 7) is 0. The van der Waals surface area contributed by atoms with Crippen molar-refractivity contribution >= 4 is 17.9 Å². The van der Waals surface area contributed by atoms with Crippen molar-refractivity contribution in [1.82, 2.24) is 0 Å². The van der Waals surface area contributed by atoms with Crippen LogP contribution in [-0.4, -0.2) is 20.5 Å². The zero-order chi connectivity index (χ0) is 13.8. The Hall–Kier alpha value is -2.00. The van der Waals surface area contributed by atoms with Gasteiger partial charge in [-0.2, -0.15) is 0 Å². The number of aldehydes is 1. The van der Waals surface area contributed by atoms with Crippen LogP contribution >= 0.6 is 11.6 Å². The standard InChI is InChI=1S/C15H13ClO3/c1-18-13-7-6-12(15(19-2)14(13)16)11-5-3-4-10(8-11)9-17/h3-9H,1-2H3. The fraction of sp³-hybridized carbons (Fsp3) is 0.133. The van der Waals surface area contributed by atoms with Crippen LogP contribution in [0.5, 0.6) is 11.5 Å². The highest BCUT2D eigenvalue weighted by atomic mass is 35.5. The SMILES string of the molecule is COc1ccc(-c2cccc(C=O)c2)c(OC)c1Cl. The molecule has 0 unspecified atom stereocenters. The molecule has 2 rings (SSSR count). The van der Waals surface area contributed by atoms with E-state index in [0.717, 1.165) is 17.4 Å². The summed E-state index contributed by atoms with van der Waals surface area (Å²) >= 11 is 6.22. The van der Waals surface area contributed by atoms with Crippen molar-refractivity contribution in [2.75, 3.05) is 14.2 Å². The lowest BCUT2D eigenvalue weighted by Gasteiger charge is -2.13.